The van der Waals surface area contributed by atoms with Crippen LogP contribution in [0.25, 0.3) is 0 Å². The van der Waals surface area contributed by atoms with Gasteiger partial charge in [-0.1, -0.05) is 0 Å². The standard InChI is InChI=1S/C9H11F3N2O2/c1-15-8(16-2)7-6(13)3-5(4-14-7)9(10,11)12/h3-4,8H,13H2,1-2H3. The molecule has 0 aromatic carbocycles. The van der Waals surface area contributed by atoms with Crippen LogP contribution < -0.4 is 5.73 Å². The summed E-state index contributed by atoms with van der Waals surface area (Å²) in [6.45, 7) is 0. The van der Waals surface area contributed by atoms with E-state index in [1.165, 1.54) is 14.2 Å². The topological polar surface area (TPSA) is 57.4 Å². The summed E-state index contributed by atoms with van der Waals surface area (Å²) in [5, 5.41) is 0. The minimum Gasteiger partial charge on any atom is -0.397 e. The molecule has 16 heavy (non-hydrogen) atoms. The molecule has 0 aliphatic rings. The minimum atomic E-state index is -4.46. The molecule has 2 N–H and O–H groups in total. The number of ether oxygens (including phenoxy) is 2. The van der Waals surface area contributed by atoms with Gasteiger partial charge in [-0.15, -0.1) is 0 Å². The van der Waals surface area contributed by atoms with Gasteiger partial charge in [-0.05, 0) is 6.07 Å². The van der Waals surface area contributed by atoms with Gasteiger partial charge in [-0.3, -0.25) is 4.98 Å². The lowest BCUT2D eigenvalue weighted by molar-refractivity contribution is -0.138. The van der Waals surface area contributed by atoms with Gasteiger partial charge in [-0.25, -0.2) is 0 Å². The smallest absolute Gasteiger partial charge is 0.397 e. The number of nitrogens with two attached hydrogens (primary N) is 1. The highest BCUT2D eigenvalue weighted by molar-refractivity contribution is 5.46. The molecule has 0 radical (unpaired) electrons. The molecule has 1 heterocycles. The molecule has 4 nitrogen and oxygen atoms in total. The predicted molar refractivity (Wildman–Crippen MR) is 50.4 cm³/mol. The van der Waals surface area contributed by atoms with Crippen molar-refractivity contribution in [2.24, 2.45) is 0 Å². The van der Waals surface area contributed by atoms with Gasteiger partial charge in [0.1, 0.15) is 5.69 Å². The molecule has 0 aliphatic carbocycles. The van der Waals surface area contributed by atoms with Crippen molar-refractivity contribution in [2.45, 2.75) is 12.5 Å². The molecule has 0 spiro atoms. The Bertz CT molecular complexity index is 364. The van der Waals surface area contributed by atoms with Crippen molar-refractivity contribution in [1.29, 1.82) is 0 Å². The normalized spacial score (nSPS) is 12.1. The molecule has 1 rings (SSSR count). The number of hydrogen-bond donors (Lipinski definition) is 1. The summed E-state index contributed by atoms with van der Waals surface area (Å²) in [5.41, 5.74) is 4.55. The van der Waals surface area contributed by atoms with E-state index in [4.69, 9.17) is 15.2 Å². The van der Waals surface area contributed by atoms with Crippen LogP contribution in [0, 0.1) is 0 Å². The predicted octanol–water partition coefficient (Wildman–Crippen LogP) is 1.97. The Kier molecular flexibility index (Phi) is 3.71. The number of anilines is 1. The van der Waals surface area contributed by atoms with Crippen LogP contribution in [0.1, 0.15) is 17.5 Å². The molecule has 90 valence electrons. The lowest BCUT2D eigenvalue weighted by atomic mass is 10.2. The van der Waals surface area contributed by atoms with Gasteiger partial charge in [0.2, 0.25) is 6.29 Å². The third-order valence-corrected chi connectivity index (χ3v) is 1.93. The zero-order valence-corrected chi connectivity index (χ0v) is 8.71. The summed E-state index contributed by atoms with van der Waals surface area (Å²) in [5.74, 6) is 0. The third-order valence-electron chi connectivity index (χ3n) is 1.93. The number of nitrogens with zero attached hydrogens (tertiary/aromatic N) is 1. The first-order valence-electron chi connectivity index (χ1n) is 4.28. The SMILES string of the molecule is COC(OC)c1ncc(C(F)(F)F)cc1N. The van der Waals surface area contributed by atoms with Gasteiger partial charge in [0.25, 0.3) is 0 Å². The van der Waals surface area contributed by atoms with Crippen molar-refractivity contribution in [2.75, 3.05) is 20.0 Å². The fourth-order valence-corrected chi connectivity index (χ4v) is 1.16. The lowest BCUT2D eigenvalue weighted by Gasteiger charge is -2.15. The molecular formula is C9H11F3N2O2. The third kappa shape index (κ3) is 2.61. The van der Waals surface area contributed by atoms with E-state index in [1.807, 2.05) is 0 Å². The van der Waals surface area contributed by atoms with Crippen LogP contribution in [0.4, 0.5) is 18.9 Å². The van der Waals surface area contributed by atoms with E-state index in [1.54, 1.807) is 0 Å². The Morgan fingerprint density at radius 2 is 1.88 bits per heavy atom. The molecule has 0 aliphatic heterocycles. The molecule has 0 fully saturated rings. The first kappa shape index (κ1) is 12.7. The number of hydrogen-bond acceptors (Lipinski definition) is 4. The first-order chi connectivity index (χ1) is 7.40. The van der Waals surface area contributed by atoms with E-state index in [0.29, 0.717) is 6.20 Å². The molecule has 0 bridgehead atoms. The number of methoxy groups -OCH3 is 2. The van der Waals surface area contributed by atoms with Crippen LogP contribution >= 0.6 is 0 Å². The number of nitrogen functional groups attached to an aromatic ring is 1. The second-order valence-electron chi connectivity index (χ2n) is 3.00. The summed E-state index contributed by atoms with van der Waals surface area (Å²) in [4.78, 5) is 3.59. The second-order valence-corrected chi connectivity index (χ2v) is 3.00. The largest absolute Gasteiger partial charge is 0.417 e. The van der Waals surface area contributed by atoms with Crippen LogP contribution in [0.3, 0.4) is 0 Å². The monoisotopic (exact) mass is 236 g/mol. The molecule has 1 aromatic rings. The molecule has 0 saturated carbocycles. The Balaban J connectivity index is 3.09. The number of pyridine rings is 1. The first-order valence-corrected chi connectivity index (χ1v) is 4.28. The fourth-order valence-electron chi connectivity index (χ4n) is 1.16. The molecule has 0 atom stereocenters. The van der Waals surface area contributed by atoms with E-state index in [-0.39, 0.29) is 11.4 Å². The molecule has 1 aromatic heterocycles. The average Bonchev–Trinajstić information content (AvgIpc) is 2.20. The van der Waals surface area contributed by atoms with Crippen molar-refractivity contribution >= 4 is 5.69 Å². The van der Waals surface area contributed by atoms with Crippen LogP contribution in [0.5, 0.6) is 0 Å². The molecule has 0 amide bonds. The number of rotatable bonds is 3. The minimum absolute atomic E-state index is 0.122. The number of halogens is 3. The Hall–Kier alpha value is -1.34. The summed E-state index contributed by atoms with van der Waals surface area (Å²) in [7, 11) is 2.68. The van der Waals surface area contributed by atoms with Gasteiger partial charge in [0.05, 0.1) is 11.3 Å². The second kappa shape index (κ2) is 4.67. The van der Waals surface area contributed by atoms with Crippen molar-refractivity contribution in [3.05, 3.63) is 23.5 Å². The van der Waals surface area contributed by atoms with Gasteiger partial charge < -0.3 is 15.2 Å². The van der Waals surface area contributed by atoms with E-state index in [0.717, 1.165) is 6.07 Å². The average molecular weight is 236 g/mol. The fraction of sp³-hybridized carbons (Fsp3) is 0.444. The van der Waals surface area contributed by atoms with E-state index < -0.39 is 18.0 Å². The summed E-state index contributed by atoms with van der Waals surface area (Å²) in [6, 6.07) is 0.799. The molecular weight excluding hydrogens is 225 g/mol. The number of alkyl halides is 3. The van der Waals surface area contributed by atoms with Gasteiger partial charge in [-0.2, -0.15) is 13.2 Å². The summed E-state index contributed by atoms with van der Waals surface area (Å²) >= 11 is 0. The van der Waals surface area contributed by atoms with Crippen molar-refractivity contribution < 1.29 is 22.6 Å². The maximum atomic E-state index is 12.3. The highest BCUT2D eigenvalue weighted by Crippen LogP contribution is 2.32. The Morgan fingerprint density at radius 3 is 2.25 bits per heavy atom. The summed E-state index contributed by atoms with van der Waals surface area (Å²) < 4.78 is 46.6. The van der Waals surface area contributed by atoms with Crippen molar-refractivity contribution in [3.8, 4) is 0 Å². The van der Waals surface area contributed by atoms with Crippen LogP contribution in [0.2, 0.25) is 0 Å². The molecule has 0 unspecified atom stereocenters. The zero-order valence-electron chi connectivity index (χ0n) is 8.71. The lowest BCUT2D eigenvalue weighted by Crippen LogP contribution is -2.12. The van der Waals surface area contributed by atoms with Gasteiger partial charge in [0.15, 0.2) is 0 Å². The highest BCUT2D eigenvalue weighted by Gasteiger charge is 2.32. The van der Waals surface area contributed by atoms with E-state index in [9.17, 15) is 13.2 Å². The Morgan fingerprint density at radius 1 is 1.31 bits per heavy atom. The van der Waals surface area contributed by atoms with Gasteiger partial charge >= 0.3 is 6.18 Å². The number of aromatic nitrogens is 1. The maximum absolute atomic E-state index is 12.3. The Labute approximate surface area is 90.2 Å². The van der Waals surface area contributed by atoms with Crippen molar-refractivity contribution in [3.63, 3.8) is 0 Å². The molecule has 7 heteroatoms. The molecule has 0 saturated heterocycles. The van der Waals surface area contributed by atoms with Crippen LogP contribution in [0.15, 0.2) is 12.3 Å². The summed E-state index contributed by atoms with van der Waals surface area (Å²) in [6.07, 6.45) is -4.64. The maximum Gasteiger partial charge on any atom is 0.417 e. The quantitative estimate of drug-likeness (QED) is 0.815. The van der Waals surface area contributed by atoms with Crippen LogP contribution in [-0.4, -0.2) is 19.2 Å². The van der Waals surface area contributed by atoms with E-state index >= 15 is 0 Å². The van der Waals surface area contributed by atoms with Crippen LogP contribution in [-0.2, 0) is 15.7 Å². The van der Waals surface area contributed by atoms with Crippen molar-refractivity contribution in [1.82, 2.24) is 4.98 Å². The van der Waals surface area contributed by atoms with Gasteiger partial charge in [0, 0.05) is 20.4 Å². The zero-order chi connectivity index (χ0) is 12.3. The van der Waals surface area contributed by atoms with E-state index in [2.05, 4.69) is 4.98 Å². The highest BCUT2D eigenvalue weighted by atomic mass is 19.4.